The Labute approximate surface area is 178 Å². The van der Waals surface area contributed by atoms with Crippen LogP contribution in [0.4, 0.5) is 5.69 Å². The molecule has 3 fully saturated rings. The summed E-state index contributed by atoms with van der Waals surface area (Å²) in [4.78, 5) is 33.8. The first-order valence-electron chi connectivity index (χ1n) is 10.5. The molecule has 2 aromatic carbocycles. The number of nitrogens with zero attached hydrogens (tertiary/aromatic N) is 3. The summed E-state index contributed by atoms with van der Waals surface area (Å²) in [5.74, 6) is -0.180. The molecular weight excluding hydrogens is 394 g/mol. The van der Waals surface area contributed by atoms with Crippen LogP contribution < -0.4 is 9.64 Å². The number of carbonyl (C=O) groups is 2. The zero-order chi connectivity index (χ0) is 21.1. The van der Waals surface area contributed by atoms with Gasteiger partial charge < -0.3 is 9.57 Å². The van der Waals surface area contributed by atoms with Crippen molar-refractivity contribution in [3.8, 4) is 11.8 Å². The van der Waals surface area contributed by atoms with Crippen molar-refractivity contribution in [2.45, 2.75) is 12.5 Å². The van der Waals surface area contributed by atoms with Gasteiger partial charge in [0.25, 0.3) is 0 Å². The van der Waals surface area contributed by atoms with E-state index in [4.69, 9.17) is 14.8 Å². The van der Waals surface area contributed by atoms with Crippen LogP contribution in [0, 0.1) is 40.9 Å². The highest BCUT2D eigenvalue weighted by Crippen LogP contribution is 2.62. The highest BCUT2D eigenvalue weighted by molar-refractivity contribution is 6.23. The van der Waals surface area contributed by atoms with Gasteiger partial charge in [-0.25, -0.2) is 0 Å². The van der Waals surface area contributed by atoms with E-state index >= 15 is 0 Å². The van der Waals surface area contributed by atoms with E-state index < -0.39 is 0 Å². The number of fused-ring (bicyclic) bond motifs is 8. The Morgan fingerprint density at radius 2 is 1.71 bits per heavy atom. The fraction of sp³-hybridized carbons (Fsp3) is 0.333. The van der Waals surface area contributed by atoms with Crippen LogP contribution in [-0.4, -0.2) is 30.2 Å². The largest absolute Gasteiger partial charge is 0.479 e. The summed E-state index contributed by atoms with van der Waals surface area (Å²) >= 11 is 0. The van der Waals surface area contributed by atoms with Crippen LogP contribution >= 0.6 is 0 Å². The summed E-state index contributed by atoms with van der Waals surface area (Å²) in [6.07, 6.45) is 0.649. The number of hydrogen-bond acceptors (Lipinski definition) is 6. The summed E-state index contributed by atoms with van der Waals surface area (Å²) in [5, 5.41) is 13.0. The van der Waals surface area contributed by atoms with Crippen LogP contribution in [0.1, 0.15) is 12.0 Å². The molecule has 7 heteroatoms. The van der Waals surface area contributed by atoms with Crippen molar-refractivity contribution in [1.82, 2.24) is 0 Å². The summed E-state index contributed by atoms with van der Waals surface area (Å²) in [6, 6.07) is 18.5. The minimum absolute atomic E-state index is 0.00426. The Kier molecular flexibility index (Phi) is 3.90. The van der Waals surface area contributed by atoms with E-state index in [1.54, 1.807) is 24.3 Å². The molecule has 2 heterocycles. The molecule has 6 atom stereocenters. The molecule has 7 nitrogen and oxygen atoms in total. The first kappa shape index (κ1) is 18.1. The van der Waals surface area contributed by atoms with Crippen molar-refractivity contribution < 1.29 is 19.2 Å². The number of benzene rings is 2. The van der Waals surface area contributed by atoms with Gasteiger partial charge in [0, 0.05) is 17.4 Å². The molecule has 0 spiro atoms. The summed E-state index contributed by atoms with van der Waals surface area (Å²) in [6.45, 7) is -0.00498. The molecule has 154 valence electrons. The van der Waals surface area contributed by atoms with Gasteiger partial charge in [0.2, 0.25) is 11.8 Å². The Hall–Kier alpha value is -3.66. The minimum atomic E-state index is -0.324. The van der Waals surface area contributed by atoms with Gasteiger partial charge in [-0.15, -0.1) is 0 Å². The fourth-order valence-electron chi connectivity index (χ4n) is 6.03. The summed E-state index contributed by atoms with van der Waals surface area (Å²) in [7, 11) is 0. The van der Waals surface area contributed by atoms with E-state index in [0.29, 0.717) is 11.4 Å². The molecule has 2 amide bonds. The second-order valence-electron chi connectivity index (χ2n) is 8.51. The molecule has 2 aliphatic carbocycles. The molecule has 6 rings (SSSR count). The lowest BCUT2D eigenvalue weighted by Crippen LogP contribution is -2.41. The van der Waals surface area contributed by atoms with E-state index in [1.165, 1.54) is 4.90 Å². The zero-order valence-corrected chi connectivity index (χ0v) is 16.5. The summed E-state index contributed by atoms with van der Waals surface area (Å²) in [5.41, 5.74) is 2.39. The number of anilines is 1. The molecule has 0 aromatic heterocycles. The molecule has 0 radical (unpaired) electrons. The average molecular weight is 413 g/mol. The van der Waals surface area contributed by atoms with E-state index in [9.17, 15) is 9.59 Å². The Morgan fingerprint density at radius 1 is 1.00 bits per heavy atom. The maximum Gasteiger partial charge on any atom is 0.238 e. The highest BCUT2D eigenvalue weighted by Gasteiger charge is 2.70. The van der Waals surface area contributed by atoms with Crippen molar-refractivity contribution in [2.75, 3.05) is 11.5 Å². The van der Waals surface area contributed by atoms with Crippen molar-refractivity contribution in [2.24, 2.45) is 34.7 Å². The van der Waals surface area contributed by atoms with Crippen LogP contribution in [0.5, 0.6) is 5.75 Å². The van der Waals surface area contributed by atoms with Crippen LogP contribution in [0.25, 0.3) is 0 Å². The third-order valence-electron chi connectivity index (χ3n) is 7.16. The van der Waals surface area contributed by atoms with Crippen LogP contribution in [-0.2, 0) is 14.4 Å². The Morgan fingerprint density at radius 3 is 2.42 bits per heavy atom. The van der Waals surface area contributed by atoms with Gasteiger partial charge in [-0.2, -0.15) is 5.26 Å². The quantitative estimate of drug-likeness (QED) is 0.719. The zero-order valence-electron chi connectivity index (χ0n) is 16.5. The van der Waals surface area contributed by atoms with Crippen molar-refractivity contribution in [3.63, 3.8) is 0 Å². The highest BCUT2D eigenvalue weighted by atomic mass is 16.6. The molecule has 0 N–H and O–H groups in total. The predicted octanol–water partition coefficient (Wildman–Crippen LogP) is 2.76. The number of imide groups is 1. The topological polar surface area (TPSA) is 92.0 Å². The van der Waals surface area contributed by atoms with Gasteiger partial charge in [0.05, 0.1) is 23.2 Å². The van der Waals surface area contributed by atoms with Crippen molar-refractivity contribution >= 4 is 23.2 Å². The monoisotopic (exact) mass is 413 g/mol. The summed E-state index contributed by atoms with van der Waals surface area (Å²) < 4.78 is 5.33. The number of oxime groups is 1. The van der Waals surface area contributed by atoms with Crippen LogP contribution in [0.15, 0.2) is 59.8 Å². The molecular formula is C24H19N3O4. The molecule has 2 aliphatic heterocycles. The molecule has 2 bridgehead atoms. The van der Waals surface area contributed by atoms with E-state index in [0.717, 1.165) is 17.7 Å². The standard InChI is InChI=1S/C24H19N3O4/c25-10-11-30-15-8-6-13(7-9-15)21-20-16-12-17(22(20)31-26-21)19-18(16)23(28)27(24(19)29)14-4-2-1-3-5-14/h1-9,16-20,22H,11-12H2/t16-,17+,18+,19+,20-,22-/m1/s1. The lowest BCUT2D eigenvalue weighted by atomic mass is 9.71. The normalized spacial score (nSPS) is 32.4. The average Bonchev–Trinajstić information content (AvgIpc) is 3.53. The SMILES string of the molecule is N#CCOc1ccc(C2=NO[C@@H]3[C@H]4C[C@@H]([C@H]23)[C@@H]2C(=O)N(c3ccccc3)C(=O)[C@@H]42)cc1. The first-order chi connectivity index (χ1) is 15.2. The lowest BCUT2D eigenvalue weighted by Gasteiger charge is -2.29. The van der Waals surface area contributed by atoms with Crippen molar-refractivity contribution in [3.05, 3.63) is 60.2 Å². The van der Waals surface area contributed by atoms with Gasteiger partial charge in [0.15, 0.2) is 6.61 Å². The third kappa shape index (κ3) is 2.48. The minimum Gasteiger partial charge on any atom is -0.479 e. The maximum absolute atomic E-state index is 13.3. The second-order valence-corrected chi connectivity index (χ2v) is 8.51. The predicted molar refractivity (Wildman–Crippen MR) is 110 cm³/mol. The molecule has 4 aliphatic rings. The van der Waals surface area contributed by atoms with Crippen LogP contribution in [0.3, 0.4) is 0 Å². The number of hydrogen-bond donors (Lipinski definition) is 0. The van der Waals surface area contributed by atoms with E-state index in [1.807, 2.05) is 36.4 Å². The first-order valence-corrected chi connectivity index (χ1v) is 10.5. The molecule has 2 aromatic rings. The number of para-hydroxylation sites is 1. The number of amides is 2. The number of rotatable bonds is 4. The molecule has 1 saturated heterocycles. The van der Waals surface area contributed by atoms with Gasteiger partial charge in [-0.05, 0) is 48.7 Å². The Bertz CT molecular complexity index is 1140. The van der Waals surface area contributed by atoms with E-state index in [-0.39, 0.29) is 54.1 Å². The third-order valence-corrected chi connectivity index (χ3v) is 7.16. The number of carbonyl (C=O) groups excluding carboxylic acids is 2. The maximum atomic E-state index is 13.3. The molecule has 0 unspecified atom stereocenters. The molecule has 2 saturated carbocycles. The van der Waals surface area contributed by atoms with E-state index in [2.05, 4.69) is 5.16 Å². The number of nitriles is 1. The number of ether oxygens (including phenoxy) is 1. The second kappa shape index (κ2) is 6.67. The van der Waals surface area contributed by atoms with Gasteiger partial charge in [-0.3, -0.25) is 14.5 Å². The van der Waals surface area contributed by atoms with Crippen LogP contribution in [0.2, 0.25) is 0 Å². The van der Waals surface area contributed by atoms with Gasteiger partial charge in [-0.1, -0.05) is 23.4 Å². The van der Waals surface area contributed by atoms with Crippen molar-refractivity contribution in [1.29, 1.82) is 5.26 Å². The lowest BCUT2D eigenvalue weighted by molar-refractivity contribution is -0.125. The fourth-order valence-corrected chi connectivity index (χ4v) is 6.03. The Balaban J connectivity index is 1.29. The molecule has 31 heavy (non-hydrogen) atoms. The van der Waals surface area contributed by atoms with Gasteiger partial charge >= 0.3 is 0 Å². The smallest absolute Gasteiger partial charge is 0.238 e. The van der Waals surface area contributed by atoms with Gasteiger partial charge in [0.1, 0.15) is 17.9 Å².